The largest absolute Gasteiger partial charge is 0.351 e. The minimum absolute atomic E-state index is 0.0442. The van der Waals surface area contributed by atoms with E-state index in [4.69, 9.17) is 0 Å². The van der Waals surface area contributed by atoms with E-state index >= 15 is 0 Å². The van der Waals surface area contributed by atoms with Crippen LogP contribution in [0.4, 0.5) is 10.1 Å². The third-order valence-corrected chi connectivity index (χ3v) is 5.63. The average molecular weight is 381 g/mol. The second kappa shape index (κ2) is 7.62. The lowest BCUT2D eigenvalue weighted by atomic mass is 9.97. The number of hydrogen-bond acceptors (Lipinski definition) is 3. The van der Waals surface area contributed by atoms with Crippen molar-refractivity contribution in [2.75, 3.05) is 18.0 Å². The van der Waals surface area contributed by atoms with Crippen molar-refractivity contribution >= 4 is 17.5 Å². The molecule has 1 N–H and O–H groups in total. The van der Waals surface area contributed by atoms with Gasteiger partial charge in [0.2, 0.25) is 0 Å². The Kier molecular flexibility index (Phi) is 5.03. The van der Waals surface area contributed by atoms with Crippen molar-refractivity contribution in [2.24, 2.45) is 0 Å². The molecule has 2 amide bonds. The molecule has 1 fully saturated rings. The second-order valence-corrected chi connectivity index (χ2v) is 7.27. The molecule has 1 unspecified atom stereocenters. The van der Waals surface area contributed by atoms with E-state index in [0.29, 0.717) is 16.7 Å². The van der Waals surface area contributed by atoms with Crippen LogP contribution in [0.5, 0.6) is 0 Å². The van der Waals surface area contributed by atoms with Gasteiger partial charge in [0.05, 0.1) is 11.3 Å². The van der Waals surface area contributed by atoms with Crippen LogP contribution in [0, 0.1) is 5.82 Å². The maximum Gasteiger partial charge on any atom is 0.257 e. The van der Waals surface area contributed by atoms with Crippen LogP contribution < -0.4 is 10.2 Å². The minimum atomic E-state index is -0.339. The van der Waals surface area contributed by atoms with E-state index in [-0.39, 0.29) is 30.3 Å². The van der Waals surface area contributed by atoms with Gasteiger partial charge in [-0.2, -0.15) is 0 Å². The van der Waals surface area contributed by atoms with Crippen LogP contribution in [-0.2, 0) is 6.54 Å². The first-order chi connectivity index (χ1) is 13.6. The number of fused-ring (bicyclic) bond motifs is 2. The first-order valence-corrected chi connectivity index (χ1v) is 9.83. The van der Waals surface area contributed by atoms with Crippen molar-refractivity contribution in [3.63, 3.8) is 0 Å². The van der Waals surface area contributed by atoms with E-state index < -0.39 is 0 Å². The smallest absolute Gasteiger partial charge is 0.257 e. The Bertz CT molecular complexity index is 914. The molecule has 1 saturated heterocycles. The van der Waals surface area contributed by atoms with Gasteiger partial charge >= 0.3 is 0 Å². The second-order valence-electron chi connectivity index (χ2n) is 7.27. The lowest BCUT2D eigenvalue weighted by molar-refractivity contribution is 0.0582. The maximum atomic E-state index is 13.8. The first-order valence-electron chi connectivity index (χ1n) is 9.83. The molecule has 2 aromatic carbocycles. The number of anilines is 1. The molecule has 28 heavy (non-hydrogen) atoms. The zero-order valence-corrected chi connectivity index (χ0v) is 16.0. The maximum absolute atomic E-state index is 13.8. The molecule has 0 aromatic heterocycles. The molecule has 146 valence electrons. The summed E-state index contributed by atoms with van der Waals surface area (Å²) in [6.45, 7) is 3.73. The van der Waals surface area contributed by atoms with Crippen LogP contribution in [-0.4, -0.2) is 36.0 Å². The summed E-state index contributed by atoms with van der Waals surface area (Å²) >= 11 is 0. The summed E-state index contributed by atoms with van der Waals surface area (Å²) < 4.78 is 13.8. The summed E-state index contributed by atoms with van der Waals surface area (Å²) in [6, 6.07) is 11.6. The molecule has 1 atom stereocenters. The van der Waals surface area contributed by atoms with Crippen molar-refractivity contribution in [3.8, 4) is 0 Å². The van der Waals surface area contributed by atoms with Crippen LogP contribution in [0.1, 0.15) is 52.5 Å². The van der Waals surface area contributed by atoms with Gasteiger partial charge in [-0.25, -0.2) is 4.39 Å². The molecule has 0 aliphatic carbocycles. The molecule has 2 aliphatic heterocycles. The topological polar surface area (TPSA) is 52.7 Å². The highest BCUT2D eigenvalue weighted by Gasteiger charge is 2.38. The van der Waals surface area contributed by atoms with Gasteiger partial charge in [0.15, 0.2) is 0 Å². The van der Waals surface area contributed by atoms with Gasteiger partial charge in [-0.05, 0) is 50.5 Å². The Morgan fingerprint density at radius 3 is 2.82 bits per heavy atom. The summed E-state index contributed by atoms with van der Waals surface area (Å²) in [5.74, 6) is -0.572. The quantitative estimate of drug-likeness (QED) is 0.881. The molecule has 6 heteroatoms. The molecule has 4 rings (SSSR count). The van der Waals surface area contributed by atoms with E-state index in [0.717, 1.165) is 38.0 Å². The first kappa shape index (κ1) is 18.5. The highest BCUT2D eigenvalue weighted by Crippen LogP contribution is 2.35. The number of hydrogen-bond donors (Lipinski definition) is 1. The fourth-order valence-electron chi connectivity index (χ4n) is 4.18. The SMILES string of the molecule is CCN1c2cc(C(=O)NCc3ccccc3F)ccc2C(=O)N2CCCCC21. The number of nitrogens with one attached hydrogen (secondary N) is 1. The van der Waals surface area contributed by atoms with Crippen molar-refractivity contribution in [1.82, 2.24) is 10.2 Å². The highest BCUT2D eigenvalue weighted by molar-refractivity contribution is 6.04. The van der Waals surface area contributed by atoms with Crippen LogP contribution in [0.2, 0.25) is 0 Å². The van der Waals surface area contributed by atoms with Crippen LogP contribution in [0.3, 0.4) is 0 Å². The summed E-state index contributed by atoms with van der Waals surface area (Å²) in [5, 5.41) is 2.77. The van der Waals surface area contributed by atoms with E-state index in [1.54, 1.807) is 36.4 Å². The molecule has 2 aromatic rings. The standard InChI is InChI=1S/C22H24FN3O2/c1-2-25-19-13-15(21(27)24-14-16-7-3-4-8-18(16)23)10-11-17(19)22(28)26-12-6-5-9-20(25)26/h3-4,7-8,10-11,13,20H,2,5-6,9,12,14H2,1H3,(H,24,27). The number of rotatable bonds is 4. The third kappa shape index (κ3) is 3.23. The molecular weight excluding hydrogens is 357 g/mol. The Morgan fingerprint density at radius 2 is 2.04 bits per heavy atom. The third-order valence-electron chi connectivity index (χ3n) is 5.63. The molecule has 0 spiro atoms. The van der Waals surface area contributed by atoms with Crippen molar-refractivity contribution in [2.45, 2.75) is 38.9 Å². The molecule has 2 heterocycles. The predicted molar refractivity (Wildman–Crippen MR) is 106 cm³/mol. The van der Waals surface area contributed by atoms with Crippen molar-refractivity contribution in [1.29, 1.82) is 0 Å². The summed E-state index contributed by atoms with van der Waals surface area (Å²) in [7, 11) is 0. The van der Waals surface area contributed by atoms with E-state index in [2.05, 4.69) is 17.1 Å². The zero-order chi connectivity index (χ0) is 19.7. The number of halogens is 1. The fourth-order valence-corrected chi connectivity index (χ4v) is 4.18. The Labute approximate surface area is 164 Å². The number of carbonyl (C=O) groups is 2. The zero-order valence-electron chi connectivity index (χ0n) is 16.0. The molecule has 0 saturated carbocycles. The normalized spacial score (nSPS) is 18.5. The Hall–Kier alpha value is -2.89. The lowest BCUT2D eigenvalue weighted by Crippen LogP contribution is -2.57. The van der Waals surface area contributed by atoms with E-state index in [1.807, 2.05) is 4.90 Å². The van der Waals surface area contributed by atoms with Crippen LogP contribution >= 0.6 is 0 Å². The van der Waals surface area contributed by atoms with E-state index in [1.165, 1.54) is 6.07 Å². The van der Waals surface area contributed by atoms with Gasteiger partial charge in [-0.15, -0.1) is 0 Å². The molecule has 0 radical (unpaired) electrons. The van der Waals surface area contributed by atoms with Crippen LogP contribution in [0.25, 0.3) is 0 Å². The van der Waals surface area contributed by atoms with Gasteiger partial charge in [0.1, 0.15) is 12.0 Å². The van der Waals surface area contributed by atoms with Gasteiger partial charge in [0, 0.05) is 30.8 Å². The highest BCUT2D eigenvalue weighted by atomic mass is 19.1. The molecular formula is C22H24FN3O2. The molecule has 0 bridgehead atoms. The Balaban J connectivity index is 1.58. The van der Waals surface area contributed by atoms with Crippen molar-refractivity contribution in [3.05, 3.63) is 65.0 Å². The summed E-state index contributed by atoms with van der Waals surface area (Å²) in [4.78, 5) is 29.7. The molecule has 5 nitrogen and oxygen atoms in total. The number of piperidine rings is 1. The number of amides is 2. The van der Waals surface area contributed by atoms with Gasteiger partial charge in [-0.3, -0.25) is 9.59 Å². The summed E-state index contributed by atoms with van der Waals surface area (Å²) in [5.41, 5.74) is 2.38. The van der Waals surface area contributed by atoms with Crippen LogP contribution in [0.15, 0.2) is 42.5 Å². The van der Waals surface area contributed by atoms with Gasteiger partial charge < -0.3 is 15.1 Å². The fraction of sp³-hybridized carbons (Fsp3) is 0.364. The van der Waals surface area contributed by atoms with Gasteiger partial charge in [-0.1, -0.05) is 18.2 Å². The number of nitrogens with zero attached hydrogens (tertiary/aromatic N) is 2. The Morgan fingerprint density at radius 1 is 1.21 bits per heavy atom. The number of benzene rings is 2. The number of carbonyl (C=O) groups excluding carboxylic acids is 2. The summed E-state index contributed by atoms with van der Waals surface area (Å²) in [6.07, 6.45) is 3.15. The monoisotopic (exact) mass is 381 g/mol. The molecule has 2 aliphatic rings. The average Bonchev–Trinajstić information content (AvgIpc) is 2.73. The minimum Gasteiger partial charge on any atom is -0.351 e. The lowest BCUT2D eigenvalue weighted by Gasteiger charge is -2.47. The van der Waals surface area contributed by atoms with Crippen molar-refractivity contribution < 1.29 is 14.0 Å². The van der Waals surface area contributed by atoms with E-state index in [9.17, 15) is 14.0 Å². The van der Waals surface area contributed by atoms with Gasteiger partial charge in [0.25, 0.3) is 11.8 Å². The predicted octanol–water partition coefficient (Wildman–Crippen LogP) is 3.55.